The third-order valence-corrected chi connectivity index (χ3v) is 7.75. The van der Waals surface area contributed by atoms with Gasteiger partial charge in [-0.1, -0.05) is 36.3 Å². The van der Waals surface area contributed by atoms with Gasteiger partial charge in [-0.15, -0.1) is 0 Å². The van der Waals surface area contributed by atoms with Crippen molar-refractivity contribution in [3.63, 3.8) is 0 Å². The van der Waals surface area contributed by atoms with Crippen LogP contribution in [0.2, 0.25) is 0 Å². The van der Waals surface area contributed by atoms with Crippen LogP contribution in [0.3, 0.4) is 0 Å². The molecule has 6 rings (SSSR count). The Balaban J connectivity index is 1.25. The number of primary amides is 1. The molecule has 9 heteroatoms. The molecular formula is C25H25N7O2. The van der Waals surface area contributed by atoms with Gasteiger partial charge < -0.3 is 16.4 Å². The van der Waals surface area contributed by atoms with Gasteiger partial charge >= 0.3 is 0 Å². The number of nitrogens with two attached hydrogens (primary N) is 2. The minimum absolute atomic E-state index is 0.101. The van der Waals surface area contributed by atoms with Gasteiger partial charge in [0, 0.05) is 30.3 Å². The van der Waals surface area contributed by atoms with Crippen molar-refractivity contribution < 1.29 is 9.59 Å². The number of nitrogens with zero attached hydrogens (tertiary/aromatic N) is 5. The average Bonchev–Trinajstić information content (AvgIpc) is 3.30. The van der Waals surface area contributed by atoms with Crippen molar-refractivity contribution >= 4 is 17.6 Å². The number of aromatic nitrogens is 4. The third kappa shape index (κ3) is 2.88. The molecule has 0 radical (unpaired) electrons. The van der Waals surface area contributed by atoms with Gasteiger partial charge in [-0.2, -0.15) is 10.2 Å². The molecule has 2 aliphatic carbocycles. The zero-order chi connectivity index (χ0) is 23.6. The molecule has 2 aromatic heterocycles. The molecule has 9 nitrogen and oxygen atoms in total. The molecule has 1 spiro atoms. The van der Waals surface area contributed by atoms with Crippen molar-refractivity contribution in [2.45, 2.75) is 25.9 Å². The molecule has 172 valence electrons. The smallest absolute Gasteiger partial charge is 0.298 e. The standard InChI is InChI=1S/C25H25N7O2/c1-2-6-19(33)30-13-17-21-18(9-25(17,21)14-30)32-23(26)20(24(27)34)22(29-32)16-10-28-31(12-16)11-15-7-4-3-5-8-15/h3-5,7-8,10,12,17-18,21H,9,11,13-14,26H2,1H3,(H2,27,34)/t17?,18-,21?,25+/m1/s1. The van der Waals surface area contributed by atoms with E-state index < -0.39 is 5.91 Å². The molecule has 3 fully saturated rings. The zero-order valence-corrected chi connectivity index (χ0v) is 18.8. The van der Waals surface area contributed by atoms with Crippen LogP contribution in [0.25, 0.3) is 11.3 Å². The first kappa shape index (κ1) is 20.5. The van der Waals surface area contributed by atoms with Crippen LogP contribution in [-0.4, -0.2) is 49.4 Å². The molecule has 2 amide bonds. The maximum Gasteiger partial charge on any atom is 0.298 e. The highest BCUT2D eigenvalue weighted by atomic mass is 16.2. The normalized spacial score (nSPS) is 26.1. The van der Waals surface area contributed by atoms with E-state index in [1.54, 1.807) is 22.5 Å². The van der Waals surface area contributed by atoms with Gasteiger partial charge in [0.2, 0.25) is 0 Å². The van der Waals surface area contributed by atoms with Crippen molar-refractivity contribution in [1.82, 2.24) is 24.5 Å². The van der Waals surface area contributed by atoms with Gasteiger partial charge in [-0.05, 0) is 36.7 Å². The number of hydrogen-bond donors (Lipinski definition) is 2. The number of fused-ring (bicyclic) bond motifs is 1. The number of amides is 2. The highest BCUT2D eigenvalue weighted by Gasteiger charge is 2.79. The van der Waals surface area contributed by atoms with Crippen molar-refractivity contribution in [2.75, 3.05) is 18.8 Å². The van der Waals surface area contributed by atoms with Crippen LogP contribution >= 0.6 is 0 Å². The van der Waals surface area contributed by atoms with Crippen LogP contribution < -0.4 is 11.5 Å². The summed E-state index contributed by atoms with van der Waals surface area (Å²) in [6.45, 7) is 3.73. The molecule has 1 saturated heterocycles. The lowest BCUT2D eigenvalue weighted by molar-refractivity contribution is -0.125. The minimum Gasteiger partial charge on any atom is -0.383 e. The molecule has 1 aromatic carbocycles. The van der Waals surface area contributed by atoms with E-state index >= 15 is 0 Å². The van der Waals surface area contributed by atoms with Crippen molar-refractivity contribution in [2.24, 2.45) is 23.0 Å². The second-order valence-electron chi connectivity index (χ2n) is 9.53. The summed E-state index contributed by atoms with van der Waals surface area (Å²) in [6, 6.07) is 10.1. The molecule has 2 unspecified atom stereocenters. The molecule has 34 heavy (non-hydrogen) atoms. The topological polar surface area (TPSA) is 125 Å². The first-order chi connectivity index (χ1) is 16.4. The summed E-state index contributed by atoms with van der Waals surface area (Å²) in [4.78, 5) is 26.3. The first-order valence-electron chi connectivity index (χ1n) is 11.4. The molecule has 4 N–H and O–H groups in total. The molecule has 0 bridgehead atoms. The Bertz CT molecular complexity index is 1380. The third-order valence-electron chi connectivity index (χ3n) is 7.75. The predicted octanol–water partition coefficient (Wildman–Crippen LogP) is 1.52. The van der Waals surface area contributed by atoms with Gasteiger partial charge in [0.25, 0.3) is 11.8 Å². The molecule has 3 heterocycles. The Morgan fingerprint density at radius 2 is 2.06 bits per heavy atom. The molecule has 3 aliphatic rings. The summed E-state index contributed by atoms with van der Waals surface area (Å²) in [5.41, 5.74) is 14.8. The number of carbonyl (C=O) groups excluding carboxylic acids is 2. The lowest BCUT2D eigenvalue weighted by atomic mass is 9.80. The number of benzene rings is 1. The van der Waals surface area contributed by atoms with Crippen LogP contribution in [0.15, 0.2) is 42.7 Å². The Morgan fingerprint density at radius 1 is 1.26 bits per heavy atom. The largest absolute Gasteiger partial charge is 0.383 e. The molecule has 1 aliphatic heterocycles. The van der Waals surface area contributed by atoms with E-state index in [4.69, 9.17) is 16.6 Å². The van der Waals surface area contributed by atoms with E-state index in [1.807, 2.05) is 41.4 Å². The maximum absolute atomic E-state index is 12.3. The second kappa shape index (κ2) is 7.22. The van der Waals surface area contributed by atoms with Crippen molar-refractivity contribution in [1.29, 1.82) is 0 Å². The summed E-state index contributed by atoms with van der Waals surface area (Å²) in [6.07, 6.45) is 4.42. The van der Waals surface area contributed by atoms with Gasteiger partial charge in [0.1, 0.15) is 17.1 Å². The minimum atomic E-state index is -0.602. The second-order valence-corrected chi connectivity index (χ2v) is 9.53. The quantitative estimate of drug-likeness (QED) is 0.565. The SMILES string of the molecule is CC#CC(=O)N1CC2C3[C@H](n4nc(-c5cnn(Cc6ccccc6)c5)c(C(N)=O)c4N)C[C@]23C1. The average molecular weight is 456 g/mol. The molecule has 2 saturated carbocycles. The summed E-state index contributed by atoms with van der Waals surface area (Å²) in [7, 11) is 0. The van der Waals surface area contributed by atoms with E-state index in [-0.39, 0.29) is 22.9 Å². The lowest BCUT2D eigenvalue weighted by Gasteiger charge is -2.37. The number of piperidine rings is 1. The van der Waals surface area contributed by atoms with E-state index in [0.717, 1.165) is 25.1 Å². The molecular weight excluding hydrogens is 430 g/mol. The van der Waals surface area contributed by atoms with Crippen LogP contribution in [0.5, 0.6) is 0 Å². The zero-order valence-electron chi connectivity index (χ0n) is 18.8. The highest BCUT2D eigenvalue weighted by Crippen LogP contribution is 2.79. The van der Waals surface area contributed by atoms with E-state index in [0.29, 0.717) is 35.5 Å². The van der Waals surface area contributed by atoms with Crippen molar-refractivity contribution in [3.8, 4) is 23.1 Å². The van der Waals surface area contributed by atoms with Crippen LogP contribution in [0.4, 0.5) is 5.82 Å². The summed E-state index contributed by atoms with van der Waals surface area (Å²) in [5, 5.41) is 9.20. The number of hydrogen-bond acceptors (Lipinski definition) is 5. The first-order valence-corrected chi connectivity index (χ1v) is 11.4. The van der Waals surface area contributed by atoms with Crippen LogP contribution in [0.1, 0.15) is 35.3 Å². The highest BCUT2D eigenvalue weighted by molar-refractivity contribution is 6.03. The number of anilines is 1. The monoisotopic (exact) mass is 455 g/mol. The van der Waals surface area contributed by atoms with E-state index in [2.05, 4.69) is 16.9 Å². The fourth-order valence-corrected chi connectivity index (χ4v) is 6.21. The van der Waals surface area contributed by atoms with Crippen molar-refractivity contribution in [3.05, 3.63) is 53.9 Å². The van der Waals surface area contributed by atoms with Gasteiger partial charge in [0.05, 0.1) is 18.8 Å². The number of carbonyl (C=O) groups is 2. The Morgan fingerprint density at radius 3 is 2.76 bits per heavy atom. The Kier molecular flexibility index (Phi) is 4.36. The van der Waals surface area contributed by atoms with E-state index in [1.165, 1.54) is 0 Å². The van der Waals surface area contributed by atoms with Gasteiger partial charge in [-0.25, -0.2) is 4.68 Å². The summed E-state index contributed by atoms with van der Waals surface area (Å²) < 4.78 is 3.58. The summed E-state index contributed by atoms with van der Waals surface area (Å²) >= 11 is 0. The number of rotatable bonds is 5. The maximum atomic E-state index is 12.3. The Labute approximate surface area is 196 Å². The predicted molar refractivity (Wildman–Crippen MR) is 125 cm³/mol. The van der Waals surface area contributed by atoms with Crippen LogP contribution in [0, 0.1) is 29.1 Å². The molecule has 3 aromatic rings. The van der Waals surface area contributed by atoms with E-state index in [9.17, 15) is 9.59 Å². The van der Waals surface area contributed by atoms with Crippen LogP contribution in [-0.2, 0) is 11.3 Å². The lowest BCUT2D eigenvalue weighted by Crippen LogP contribution is -2.40. The fraction of sp³-hybridized carbons (Fsp3) is 0.360. The fourth-order valence-electron chi connectivity index (χ4n) is 6.21. The molecule has 4 atom stereocenters. The summed E-state index contributed by atoms with van der Waals surface area (Å²) in [5.74, 6) is 5.75. The number of nitrogen functional groups attached to an aromatic ring is 1. The van der Waals surface area contributed by atoms with Gasteiger partial charge in [0.15, 0.2) is 0 Å². The van der Waals surface area contributed by atoms with Gasteiger partial charge in [-0.3, -0.25) is 14.3 Å². The number of likely N-dealkylation sites (tertiary alicyclic amines) is 1. The Hall–Kier alpha value is -4.06.